The molecule has 0 bridgehead atoms. The van der Waals surface area contributed by atoms with Crippen LogP contribution in [0.4, 0.5) is 5.69 Å². The molecule has 0 spiro atoms. The van der Waals surface area contributed by atoms with Crippen LogP contribution in [0.3, 0.4) is 0 Å². The van der Waals surface area contributed by atoms with Crippen molar-refractivity contribution in [3.05, 3.63) is 90.0 Å². The lowest BCUT2D eigenvalue weighted by Crippen LogP contribution is -1.99. The molecule has 0 saturated carbocycles. The van der Waals surface area contributed by atoms with Gasteiger partial charge in [-0.05, 0) is 54.4 Å². The normalized spacial score (nSPS) is 10.8. The van der Waals surface area contributed by atoms with E-state index in [0.717, 1.165) is 39.0 Å². The van der Waals surface area contributed by atoms with Crippen molar-refractivity contribution in [1.29, 1.82) is 0 Å². The van der Waals surface area contributed by atoms with Gasteiger partial charge in [0.15, 0.2) is 0 Å². The average molecular weight is 340 g/mol. The standard InChI is InChI=1S/C23H20N2O/c1-16-12-17(14-21(26)13-16)15-24-20-9-6-19(7-10-20)23-11-8-18-4-2-3-5-22(18)25-23/h2-14,24,26H,15H2,1H3. The Morgan fingerprint density at radius 1 is 0.885 bits per heavy atom. The summed E-state index contributed by atoms with van der Waals surface area (Å²) in [7, 11) is 0. The molecule has 0 aliphatic heterocycles. The van der Waals surface area contributed by atoms with Gasteiger partial charge in [-0.25, -0.2) is 4.98 Å². The number of aryl methyl sites for hydroxylation is 1. The fourth-order valence-electron chi connectivity index (χ4n) is 3.13. The number of nitrogens with zero attached hydrogens (tertiary/aromatic N) is 1. The van der Waals surface area contributed by atoms with Gasteiger partial charge >= 0.3 is 0 Å². The summed E-state index contributed by atoms with van der Waals surface area (Å²) in [5.74, 6) is 0.305. The van der Waals surface area contributed by atoms with Crippen LogP contribution in [-0.4, -0.2) is 10.1 Å². The van der Waals surface area contributed by atoms with Gasteiger partial charge in [0.25, 0.3) is 0 Å². The molecule has 0 amide bonds. The van der Waals surface area contributed by atoms with E-state index in [2.05, 4.69) is 53.8 Å². The van der Waals surface area contributed by atoms with Gasteiger partial charge in [-0.3, -0.25) is 0 Å². The van der Waals surface area contributed by atoms with E-state index in [0.29, 0.717) is 12.3 Å². The molecule has 3 nitrogen and oxygen atoms in total. The highest BCUT2D eigenvalue weighted by molar-refractivity contribution is 5.81. The Hall–Kier alpha value is -3.33. The second-order valence-electron chi connectivity index (χ2n) is 6.50. The third kappa shape index (κ3) is 3.52. The lowest BCUT2D eigenvalue weighted by Gasteiger charge is -2.09. The molecule has 1 heterocycles. The van der Waals surface area contributed by atoms with Crippen LogP contribution >= 0.6 is 0 Å². The maximum absolute atomic E-state index is 9.69. The Balaban J connectivity index is 1.50. The minimum atomic E-state index is 0.305. The fourth-order valence-corrected chi connectivity index (χ4v) is 3.13. The smallest absolute Gasteiger partial charge is 0.116 e. The third-order valence-electron chi connectivity index (χ3n) is 4.40. The SMILES string of the molecule is Cc1cc(O)cc(CNc2ccc(-c3ccc4ccccc4n3)cc2)c1. The molecule has 0 saturated heterocycles. The van der Waals surface area contributed by atoms with Gasteiger partial charge in [0.2, 0.25) is 0 Å². The summed E-state index contributed by atoms with van der Waals surface area (Å²) >= 11 is 0. The van der Waals surface area contributed by atoms with Crippen LogP contribution in [0, 0.1) is 6.92 Å². The van der Waals surface area contributed by atoms with Gasteiger partial charge in [0.05, 0.1) is 11.2 Å². The first kappa shape index (κ1) is 16.2. The quantitative estimate of drug-likeness (QED) is 0.513. The van der Waals surface area contributed by atoms with Crippen LogP contribution in [0.2, 0.25) is 0 Å². The van der Waals surface area contributed by atoms with Gasteiger partial charge in [-0.1, -0.05) is 42.5 Å². The van der Waals surface area contributed by atoms with Crippen LogP contribution in [0.1, 0.15) is 11.1 Å². The Labute approximate surface area is 153 Å². The molecule has 3 aromatic carbocycles. The topological polar surface area (TPSA) is 45.1 Å². The molecule has 4 rings (SSSR count). The van der Waals surface area contributed by atoms with Gasteiger partial charge in [0.1, 0.15) is 5.75 Å². The summed E-state index contributed by atoms with van der Waals surface area (Å²) in [6.07, 6.45) is 0. The van der Waals surface area contributed by atoms with Crippen molar-refractivity contribution in [2.75, 3.05) is 5.32 Å². The highest BCUT2D eigenvalue weighted by Crippen LogP contribution is 2.23. The van der Waals surface area contributed by atoms with Crippen LogP contribution in [0.15, 0.2) is 78.9 Å². The number of aromatic nitrogens is 1. The lowest BCUT2D eigenvalue weighted by atomic mass is 10.1. The monoisotopic (exact) mass is 340 g/mol. The Morgan fingerprint density at radius 3 is 2.50 bits per heavy atom. The predicted molar refractivity (Wildman–Crippen MR) is 107 cm³/mol. The van der Waals surface area contributed by atoms with Crippen molar-refractivity contribution in [3.8, 4) is 17.0 Å². The van der Waals surface area contributed by atoms with Gasteiger partial charge < -0.3 is 10.4 Å². The molecule has 2 N–H and O–H groups in total. The number of phenols is 1. The largest absolute Gasteiger partial charge is 0.508 e. The van der Waals surface area contributed by atoms with Crippen molar-refractivity contribution >= 4 is 16.6 Å². The molecule has 128 valence electrons. The molecule has 0 aliphatic rings. The van der Waals surface area contributed by atoms with Crippen molar-refractivity contribution in [3.63, 3.8) is 0 Å². The van der Waals surface area contributed by atoms with E-state index >= 15 is 0 Å². The maximum Gasteiger partial charge on any atom is 0.116 e. The Kier molecular flexibility index (Phi) is 4.28. The summed E-state index contributed by atoms with van der Waals surface area (Å²) in [4.78, 5) is 4.74. The van der Waals surface area contributed by atoms with E-state index in [4.69, 9.17) is 4.98 Å². The van der Waals surface area contributed by atoms with Crippen molar-refractivity contribution < 1.29 is 5.11 Å². The van der Waals surface area contributed by atoms with E-state index in [1.807, 2.05) is 25.1 Å². The minimum absolute atomic E-state index is 0.305. The molecule has 0 radical (unpaired) electrons. The average Bonchev–Trinajstić information content (AvgIpc) is 2.66. The predicted octanol–water partition coefficient (Wildman–Crippen LogP) is 5.53. The minimum Gasteiger partial charge on any atom is -0.508 e. The number of anilines is 1. The summed E-state index contributed by atoms with van der Waals surface area (Å²) in [5.41, 5.74) is 6.22. The van der Waals surface area contributed by atoms with Crippen LogP contribution in [-0.2, 0) is 6.54 Å². The zero-order valence-corrected chi connectivity index (χ0v) is 14.6. The Bertz CT molecular complexity index is 1030. The number of hydrogen-bond acceptors (Lipinski definition) is 3. The second kappa shape index (κ2) is 6.89. The number of hydrogen-bond donors (Lipinski definition) is 2. The van der Waals surface area contributed by atoms with E-state index in [1.165, 1.54) is 0 Å². The molecule has 0 aliphatic carbocycles. The fraction of sp³-hybridized carbons (Fsp3) is 0.0870. The molecule has 3 heteroatoms. The first-order valence-corrected chi connectivity index (χ1v) is 8.67. The zero-order valence-electron chi connectivity index (χ0n) is 14.6. The molecular weight excluding hydrogens is 320 g/mol. The first-order chi connectivity index (χ1) is 12.7. The number of fused-ring (bicyclic) bond motifs is 1. The Morgan fingerprint density at radius 2 is 1.69 bits per heavy atom. The van der Waals surface area contributed by atoms with Gasteiger partial charge in [0, 0.05) is 23.2 Å². The molecule has 0 atom stereocenters. The highest BCUT2D eigenvalue weighted by atomic mass is 16.3. The zero-order chi connectivity index (χ0) is 17.9. The van der Waals surface area contributed by atoms with Gasteiger partial charge in [-0.2, -0.15) is 0 Å². The van der Waals surface area contributed by atoms with Crippen LogP contribution in [0.5, 0.6) is 5.75 Å². The van der Waals surface area contributed by atoms with Crippen molar-refractivity contribution in [1.82, 2.24) is 4.98 Å². The number of benzene rings is 3. The summed E-state index contributed by atoms with van der Waals surface area (Å²) in [5, 5.41) is 14.2. The molecule has 0 unspecified atom stereocenters. The van der Waals surface area contributed by atoms with Gasteiger partial charge in [-0.15, -0.1) is 0 Å². The van der Waals surface area contributed by atoms with E-state index in [-0.39, 0.29) is 0 Å². The molecule has 1 aromatic heterocycles. The summed E-state index contributed by atoms with van der Waals surface area (Å²) in [6, 6.07) is 26.2. The number of para-hydroxylation sites is 1. The van der Waals surface area contributed by atoms with Crippen molar-refractivity contribution in [2.24, 2.45) is 0 Å². The maximum atomic E-state index is 9.69. The van der Waals surface area contributed by atoms with E-state index < -0.39 is 0 Å². The molecular formula is C23H20N2O. The number of pyridine rings is 1. The third-order valence-corrected chi connectivity index (χ3v) is 4.40. The van der Waals surface area contributed by atoms with Crippen LogP contribution < -0.4 is 5.32 Å². The van der Waals surface area contributed by atoms with Crippen LogP contribution in [0.25, 0.3) is 22.2 Å². The number of aromatic hydroxyl groups is 1. The number of rotatable bonds is 4. The molecule has 4 aromatic rings. The lowest BCUT2D eigenvalue weighted by molar-refractivity contribution is 0.474. The number of nitrogens with one attached hydrogen (secondary N) is 1. The number of phenolic OH excluding ortho intramolecular Hbond substituents is 1. The second-order valence-corrected chi connectivity index (χ2v) is 6.50. The summed E-state index contributed by atoms with van der Waals surface area (Å²) in [6.45, 7) is 2.65. The first-order valence-electron chi connectivity index (χ1n) is 8.67. The summed E-state index contributed by atoms with van der Waals surface area (Å²) < 4.78 is 0. The van der Waals surface area contributed by atoms with E-state index in [9.17, 15) is 5.11 Å². The molecule has 0 fully saturated rings. The molecule has 26 heavy (non-hydrogen) atoms. The highest BCUT2D eigenvalue weighted by Gasteiger charge is 2.02. The van der Waals surface area contributed by atoms with E-state index in [1.54, 1.807) is 12.1 Å². The van der Waals surface area contributed by atoms with Crippen molar-refractivity contribution in [2.45, 2.75) is 13.5 Å².